The first-order valence-electron chi connectivity index (χ1n) is 7.20. The first-order valence-corrected chi connectivity index (χ1v) is 7.20. The number of amides is 2. The molecule has 0 saturated heterocycles. The van der Waals surface area contributed by atoms with E-state index in [0.29, 0.717) is 12.5 Å². The summed E-state index contributed by atoms with van der Waals surface area (Å²) < 4.78 is 0. The van der Waals surface area contributed by atoms with Gasteiger partial charge in [-0.25, -0.2) is 4.79 Å². The molecule has 112 valence electrons. The van der Waals surface area contributed by atoms with Crippen molar-refractivity contribution in [3.8, 4) is 0 Å². The molecule has 1 aromatic carbocycles. The van der Waals surface area contributed by atoms with Crippen LogP contribution in [-0.2, 0) is 6.42 Å². The van der Waals surface area contributed by atoms with Crippen LogP contribution >= 0.6 is 0 Å². The zero-order chi connectivity index (χ0) is 15.0. The van der Waals surface area contributed by atoms with Crippen LogP contribution in [0.4, 0.5) is 4.79 Å². The van der Waals surface area contributed by atoms with Crippen LogP contribution in [-0.4, -0.2) is 44.2 Å². The van der Waals surface area contributed by atoms with E-state index >= 15 is 0 Å². The maximum atomic E-state index is 11.9. The van der Waals surface area contributed by atoms with E-state index in [2.05, 4.69) is 41.5 Å². The summed E-state index contributed by atoms with van der Waals surface area (Å²) in [5.74, 6) is 0.460. The van der Waals surface area contributed by atoms with Crippen molar-refractivity contribution in [3.63, 3.8) is 0 Å². The molecule has 0 saturated carbocycles. The van der Waals surface area contributed by atoms with Crippen molar-refractivity contribution in [2.75, 3.05) is 27.2 Å². The van der Waals surface area contributed by atoms with E-state index < -0.39 is 0 Å². The average molecular weight is 277 g/mol. The Bertz CT molecular complexity index is 390. The summed E-state index contributed by atoms with van der Waals surface area (Å²) in [4.78, 5) is 14.0. The van der Waals surface area contributed by atoms with Gasteiger partial charge in [-0.2, -0.15) is 0 Å². The second kappa shape index (κ2) is 8.59. The van der Waals surface area contributed by atoms with Crippen LogP contribution in [0.1, 0.15) is 19.4 Å². The number of hydrogen-bond acceptors (Lipinski definition) is 2. The van der Waals surface area contributed by atoms with Gasteiger partial charge in [0.25, 0.3) is 0 Å². The van der Waals surface area contributed by atoms with Gasteiger partial charge in [-0.05, 0) is 32.0 Å². The van der Waals surface area contributed by atoms with Crippen molar-refractivity contribution in [2.45, 2.75) is 26.3 Å². The van der Waals surface area contributed by atoms with Crippen LogP contribution < -0.4 is 10.6 Å². The normalized spacial score (nSPS) is 12.5. The predicted molar refractivity (Wildman–Crippen MR) is 83.9 cm³/mol. The molecule has 0 aliphatic heterocycles. The number of carbonyl (C=O) groups excluding carboxylic acids is 1. The fourth-order valence-electron chi connectivity index (χ4n) is 2.03. The molecule has 4 nitrogen and oxygen atoms in total. The standard InChI is InChI=1S/C16H27N3O/c1-13(2)11-17-16(20)18-15(12-19(3)4)10-14-8-6-5-7-9-14/h5-9,13,15H,10-12H2,1-4H3,(H2,17,18,20). The molecule has 0 bridgehead atoms. The largest absolute Gasteiger partial charge is 0.338 e. The van der Waals surface area contributed by atoms with E-state index in [4.69, 9.17) is 0 Å². The van der Waals surface area contributed by atoms with Crippen LogP contribution in [0.3, 0.4) is 0 Å². The van der Waals surface area contributed by atoms with Gasteiger partial charge in [-0.1, -0.05) is 44.2 Å². The molecular formula is C16H27N3O. The Labute approximate surface area is 122 Å². The topological polar surface area (TPSA) is 44.4 Å². The van der Waals surface area contributed by atoms with Gasteiger partial charge in [-0.15, -0.1) is 0 Å². The molecule has 0 aliphatic carbocycles. The fourth-order valence-corrected chi connectivity index (χ4v) is 2.03. The summed E-state index contributed by atoms with van der Waals surface area (Å²) in [5.41, 5.74) is 1.24. The second-order valence-corrected chi connectivity index (χ2v) is 5.90. The van der Waals surface area contributed by atoms with Gasteiger partial charge in [0, 0.05) is 19.1 Å². The first kappa shape index (κ1) is 16.5. The molecule has 1 aromatic rings. The molecule has 0 aromatic heterocycles. The van der Waals surface area contributed by atoms with Gasteiger partial charge >= 0.3 is 6.03 Å². The number of likely N-dealkylation sites (N-methyl/N-ethyl adjacent to an activating group) is 1. The Morgan fingerprint density at radius 2 is 1.85 bits per heavy atom. The van der Waals surface area contributed by atoms with Crippen LogP contribution in [0.2, 0.25) is 0 Å². The highest BCUT2D eigenvalue weighted by atomic mass is 16.2. The van der Waals surface area contributed by atoms with Crippen LogP contribution in [0.25, 0.3) is 0 Å². The molecule has 1 unspecified atom stereocenters. The predicted octanol–water partition coefficient (Wildman–Crippen LogP) is 2.11. The number of nitrogens with one attached hydrogen (secondary N) is 2. The number of carbonyl (C=O) groups is 1. The molecular weight excluding hydrogens is 250 g/mol. The second-order valence-electron chi connectivity index (χ2n) is 5.90. The Balaban J connectivity index is 2.53. The zero-order valence-corrected chi connectivity index (χ0v) is 13.0. The molecule has 20 heavy (non-hydrogen) atoms. The lowest BCUT2D eigenvalue weighted by Gasteiger charge is -2.23. The van der Waals surface area contributed by atoms with E-state index in [1.807, 2.05) is 32.3 Å². The van der Waals surface area contributed by atoms with Crippen LogP contribution in [0.5, 0.6) is 0 Å². The van der Waals surface area contributed by atoms with Crippen molar-refractivity contribution in [1.82, 2.24) is 15.5 Å². The summed E-state index contributed by atoms with van der Waals surface area (Å²) in [6.07, 6.45) is 0.841. The van der Waals surface area contributed by atoms with Crippen molar-refractivity contribution >= 4 is 6.03 Å². The van der Waals surface area contributed by atoms with Crippen molar-refractivity contribution in [3.05, 3.63) is 35.9 Å². The lowest BCUT2D eigenvalue weighted by molar-refractivity contribution is 0.231. The lowest BCUT2D eigenvalue weighted by atomic mass is 10.1. The van der Waals surface area contributed by atoms with Gasteiger partial charge in [0.2, 0.25) is 0 Å². The highest BCUT2D eigenvalue weighted by molar-refractivity contribution is 5.74. The van der Waals surface area contributed by atoms with E-state index in [1.54, 1.807) is 0 Å². The Kier molecular flexibility index (Phi) is 7.09. The molecule has 0 fully saturated rings. The molecule has 4 heteroatoms. The SMILES string of the molecule is CC(C)CNC(=O)NC(Cc1ccccc1)CN(C)C. The maximum absolute atomic E-state index is 11.9. The zero-order valence-electron chi connectivity index (χ0n) is 13.0. The summed E-state index contributed by atoms with van der Waals surface area (Å²) in [7, 11) is 4.04. The fraction of sp³-hybridized carbons (Fsp3) is 0.562. The highest BCUT2D eigenvalue weighted by Crippen LogP contribution is 2.04. The van der Waals surface area contributed by atoms with Gasteiger partial charge in [0.1, 0.15) is 0 Å². The molecule has 2 amide bonds. The molecule has 2 N–H and O–H groups in total. The van der Waals surface area contributed by atoms with Crippen LogP contribution in [0, 0.1) is 5.92 Å². The summed E-state index contributed by atoms with van der Waals surface area (Å²) in [6.45, 7) is 5.69. The Morgan fingerprint density at radius 1 is 1.20 bits per heavy atom. The summed E-state index contributed by atoms with van der Waals surface area (Å²) >= 11 is 0. The number of hydrogen-bond donors (Lipinski definition) is 2. The van der Waals surface area contributed by atoms with Crippen molar-refractivity contribution in [2.24, 2.45) is 5.92 Å². The van der Waals surface area contributed by atoms with Crippen molar-refractivity contribution in [1.29, 1.82) is 0 Å². The number of rotatable bonds is 7. The third kappa shape index (κ3) is 7.14. The monoisotopic (exact) mass is 277 g/mol. The molecule has 0 radical (unpaired) electrons. The van der Waals surface area contributed by atoms with Gasteiger partial charge < -0.3 is 15.5 Å². The molecule has 1 rings (SSSR count). The minimum absolute atomic E-state index is 0.0820. The van der Waals surface area contributed by atoms with E-state index in [0.717, 1.165) is 13.0 Å². The van der Waals surface area contributed by atoms with Crippen molar-refractivity contribution < 1.29 is 4.79 Å². The minimum Gasteiger partial charge on any atom is -0.338 e. The Morgan fingerprint density at radius 3 is 2.40 bits per heavy atom. The summed E-state index contributed by atoms with van der Waals surface area (Å²) in [6, 6.07) is 10.3. The van der Waals surface area contributed by atoms with Crippen LogP contribution in [0.15, 0.2) is 30.3 Å². The molecule has 0 spiro atoms. The van der Waals surface area contributed by atoms with E-state index in [-0.39, 0.29) is 12.1 Å². The van der Waals surface area contributed by atoms with Gasteiger partial charge in [-0.3, -0.25) is 0 Å². The molecule has 0 aliphatic rings. The lowest BCUT2D eigenvalue weighted by Crippen LogP contribution is -2.48. The quantitative estimate of drug-likeness (QED) is 0.802. The molecule has 0 heterocycles. The number of urea groups is 1. The third-order valence-corrected chi connectivity index (χ3v) is 2.92. The third-order valence-electron chi connectivity index (χ3n) is 2.92. The number of benzene rings is 1. The van der Waals surface area contributed by atoms with Gasteiger partial charge in [0.05, 0.1) is 0 Å². The first-order chi connectivity index (χ1) is 9.47. The maximum Gasteiger partial charge on any atom is 0.315 e. The minimum atomic E-state index is -0.0820. The van der Waals surface area contributed by atoms with Gasteiger partial charge in [0.15, 0.2) is 0 Å². The molecule has 1 atom stereocenters. The highest BCUT2D eigenvalue weighted by Gasteiger charge is 2.14. The van der Waals surface area contributed by atoms with E-state index in [9.17, 15) is 4.79 Å². The average Bonchev–Trinajstić information content (AvgIpc) is 2.36. The number of nitrogens with zero attached hydrogens (tertiary/aromatic N) is 1. The smallest absolute Gasteiger partial charge is 0.315 e. The Hall–Kier alpha value is -1.55. The van der Waals surface area contributed by atoms with E-state index in [1.165, 1.54) is 5.56 Å². The summed E-state index contributed by atoms with van der Waals surface area (Å²) in [5, 5.41) is 5.96.